The van der Waals surface area contributed by atoms with Gasteiger partial charge >= 0.3 is 11.9 Å². The van der Waals surface area contributed by atoms with E-state index < -0.39 is 11.9 Å². The molecule has 0 aliphatic rings. The molecule has 1 N–H and O–H groups in total. The van der Waals surface area contributed by atoms with E-state index in [1.165, 1.54) is 0 Å². The fraction of sp³-hybridized carbons (Fsp3) is 0.167. The Morgan fingerprint density at radius 3 is 2.12 bits per heavy atom. The highest BCUT2D eigenvalue weighted by molar-refractivity contribution is 5.95. The second-order valence-electron chi connectivity index (χ2n) is 3.39. The zero-order valence-electron chi connectivity index (χ0n) is 9.06. The van der Waals surface area contributed by atoms with Gasteiger partial charge in [-0.15, -0.1) is 0 Å². The number of carboxylic acids is 1. The first-order valence-electron chi connectivity index (χ1n) is 4.70. The summed E-state index contributed by atoms with van der Waals surface area (Å²) in [5.41, 5.74) is 0.763. The zero-order valence-corrected chi connectivity index (χ0v) is 9.06. The summed E-state index contributed by atoms with van der Waals surface area (Å²) >= 11 is 0. The molecule has 0 bridgehead atoms. The van der Waals surface area contributed by atoms with Gasteiger partial charge in [0.05, 0.1) is 5.56 Å². The van der Waals surface area contributed by atoms with E-state index in [9.17, 15) is 9.59 Å². The number of hydrogen-bond donors (Lipinski definition) is 1. The standard InChI is InChI=1S/C12H12O4/c1-8(2)10(11(13)14)16-12(15)9-6-4-3-5-7-9/h3-7H,1-2H3,(H,13,14). The van der Waals surface area contributed by atoms with Crippen LogP contribution in [0, 0.1) is 0 Å². The van der Waals surface area contributed by atoms with E-state index in [-0.39, 0.29) is 5.76 Å². The summed E-state index contributed by atoms with van der Waals surface area (Å²) in [6, 6.07) is 8.24. The van der Waals surface area contributed by atoms with E-state index in [0.717, 1.165) is 0 Å². The second kappa shape index (κ2) is 5.11. The lowest BCUT2D eigenvalue weighted by Crippen LogP contribution is -2.12. The van der Waals surface area contributed by atoms with Gasteiger partial charge in [0.2, 0.25) is 5.76 Å². The Balaban J connectivity index is 2.87. The molecule has 1 rings (SSSR count). The minimum atomic E-state index is -1.25. The lowest BCUT2D eigenvalue weighted by Gasteiger charge is -2.06. The SMILES string of the molecule is CC(C)=C(OC(=O)c1ccccc1)C(=O)O. The lowest BCUT2D eigenvalue weighted by molar-refractivity contribution is -0.135. The Labute approximate surface area is 93.2 Å². The molecule has 0 amide bonds. The fourth-order valence-corrected chi connectivity index (χ4v) is 1.09. The molecule has 4 nitrogen and oxygen atoms in total. The molecular formula is C12H12O4. The molecule has 1 aromatic carbocycles. The van der Waals surface area contributed by atoms with Crippen LogP contribution in [0.5, 0.6) is 0 Å². The molecule has 0 atom stereocenters. The van der Waals surface area contributed by atoms with Gasteiger partial charge in [0, 0.05) is 0 Å². The Hall–Kier alpha value is -2.10. The number of ether oxygens (including phenoxy) is 1. The predicted molar refractivity (Wildman–Crippen MR) is 57.9 cm³/mol. The minimum absolute atomic E-state index is 0.322. The van der Waals surface area contributed by atoms with E-state index in [0.29, 0.717) is 11.1 Å². The van der Waals surface area contributed by atoms with Gasteiger partial charge in [-0.2, -0.15) is 0 Å². The van der Waals surface area contributed by atoms with Crippen molar-refractivity contribution in [2.24, 2.45) is 0 Å². The summed E-state index contributed by atoms with van der Waals surface area (Å²) in [5.74, 6) is -2.24. The molecule has 84 valence electrons. The van der Waals surface area contributed by atoms with Crippen molar-refractivity contribution in [3.63, 3.8) is 0 Å². The van der Waals surface area contributed by atoms with Crippen LogP contribution >= 0.6 is 0 Å². The van der Waals surface area contributed by atoms with Crippen molar-refractivity contribution in [1.82, 2.24) is 0 Å². The maximum absolute atomic E-state index is 11.5. The summed E-state index contributed by atoms with van der Waals surface area (Å²) in [5, 5.41) is 8.80. The number of benzene rings is 1. The van der Waals surface area contributed by atoms with E-state index in [1.807, 2.05) is 0 Å². The number of aliphatic carboxylic acids is 1. The molecule has 0 unspecified atom stereocenters. The van der Waals surface area contributed by atoms with Crippen LogP contribution in [0.1, 0.15) is 24.2 Å². The van der Waals surface area contributed by atoms with Crippen molar-refractivity contribution in [1.29, 1.82) is 0 Å². The molecule has 16 heavy (non-hydrogen) atoms. The van der Waals surface area contributed by atoms with Crippen LogP contribution in [0.15, 0.2) is 41.7 Å². The molecule has 0 saturated heterocycles. The first-order valence-corrected chi connectivity index (χ1v) is 4.70. The smallest absolute Gasteiger partial charge is 0.371 e. The summed E-state index contributed by atoms with van der Waals surface area (Å²) < 4.78 is 4.80. The Bertz CT molecular complexity index is 428. The summed E-state index contributed by atoms with van der Waals surface area (Å²) in [7, 11) is 0. The van der Waals surface area contributed by atoms with Gasteiger partial charge in [0.15, 0.2) is 0 Å². The average molecular weight is 220 g/mol. The van der Waals surface area contributed by atoms with Crippen molar-refractivity contribution in [3.8, 4) is 0 Å². The molecule has 4 heteroatoms. The average Bonchev–Trinajstić information content (AvgIpc) is 2.25. The Kier molecular flexibility index (Phi) is 3.83. The van der Waals surface area contributed by atoms with E-state index >= 15 is 0 Å². The number of esters is 1. The topological polar surface area (TPSA) is 63.6 Å². The number of carboxylic acid groups (broad SMARTS) is 1. The quantitative estimate of drug-likeness (QED) is 0.482. The first-order chi connectivity index (χ1) is 7.52. The van der Waals surface area contributed by atoms with Crippen LogP contribution in [-0.2, 0) is 9.53 Å². The molecule has 0 radical (unpaired) electrons. The Morgan fingerprint density at radius 1 is 1.12 bits per heavy atom. The van der Waals surface area contributed by atoms with Crippen molar-refractivity contribution in [3.05, 3.63) is 47.2 Å². The van der Waals surface area contributed by atoms with E-state index in [1.54, 1.807) is 44.2 Å². The lowest BCUT2D eigenvalue weighted by atomic mass is 10.2. The van der Waals surface area contributed by atoms with Gasteiger partial charge in [0.1, 0.15) is 0 Å². The monoisotopic (exact) mass is 220 g/mol. The molecule has 0 saturated carbocycles. The number of carbonyl (C=O) groups excluding carboxylic acids is 1. The highest BCUT2D eigenvalue weighted by Gasteiger charge is 2.16. The van der Waals surface area contributed by atoms with Crippen molar-refractivity contribution < 1.29 is 19.4 Å². The van der Waals surface area contributed by atoms with Gasteiger partial charge in [-0.3, -0.25) is 0 Å². The summed E-state index contributed by atoms with van der Waals surface area (Å²) in [4.78, 5) is 22.3. The number of carbonyl (C=O) groups is 2. The van der Waals surface area contributed by atoms with Crippen LogP contribution < -0.4 is 0 Å². The van der Waals surface area contributed by atoms with Crippen molar-refractivity contribution >= 4 is 11.9 Å². The molecule has 0 fully saturated rings. The van der Waals surface area contributed by atoms with Gasteiger partial charge in [-0.1, -0.05) is 18.2 Å². The normalized spacial score (nSPS) is 9.38. The minimum Gasteiger partial charge on any atom is -0.475 e. The molecule has 0 aromatic heterocycles. The van der Waals surface area contributed by atoms with Crippen LogP contribution in [0.4, 0.5) is 0 Å². The van der Waals surface area contributed by atoms with Crippen molar-refractivity contribution in [2.75, 3.05) is 0 Å². The van der Waals surface area contributed by atoms with Gasteiger partial charge in [0.25, 0.3) is 0 Å². The molecule has 0 spiro atoms. The van der Waals surface area contributed by atoms with Crippen LogP contribution in [-0.4, -0.2) is 17.0 Å². The molecule has 0 heterocycles. The highest BCUT2D eigenvalue weighted by Crippen LogP contribution is 2.10. The third-order valence-electron chi connectivity index (χ3n) is 1.85. The van der Waals surface area contributed by atoms with Gasteiger partial charge in [-0.25, -0.2) is 9.59 Å². The second-order valence-corrected chi connectivity index (χ2v) is 3.39. The van der Waals surface area contributed by atoms with Gasteiger partial charge < -0.3 is 9.84 Å². The largest absolute Gasteiger partial charge is 0.475 e. The molecule has 0 aliphatic carbocycles. The molecule has 1 aromatic rings. The van der Waals surface area contributed by atoms with Crippen LogP contribution in [0.2, 0.25) is 0 Å². The predicted octanol–water partition coefficient (Wildman–Crippen LogP) is 2.22. The van der Waals surface area contributed by atoms with E-state index in [2.05, 4.69) is 0 Å². The maximum atomic E-state index is 11.5. The Morgan fingerprint density at radius 2 is 1.69 bits per heavy atom. The number of hydrogen-bond acceptors (Lipinski definition) is 3. The van der Waals surface area contributed by atoms with Crippen LogP contribution in [0.25, 0.3) is 0 Å². The maximum Gasteiger partial charge on any atom is 0.371 e. The fourth-order valence-electron chi connectivity index (χ4n) is 1.09. The molecular weight excluding hydrogens is 208 g/mol. The van der Waals surface area contributed by atoms with Crippen molar-refractivity contribution in [2.45, 2.75) is 13.8 Å². The summed E-state index contributed by atoms with van der Waals surface area (Å²) in [6.45, 7) is 3.14. The van der Waals surface area contributed by atoms with E-state index in [4.69, 9.17) is 9.84 Å². The molecule has 0 aliphatic heterocycles. The third-order valence-corrected chi connectivity index (χ3v) is 1.85. The summed E-state index contributed by atoms with van der Waals surface area (Å²) in [6.07, 6.45) is 0. The number of allylic oxidation sites excluding steroid dienone is 1. The third kappa shape index (κ3) is 2.95. The van der Waals surface area contributed by atoms with Gasteiger partial charge in [-0.05, 0) is 31.6 Å². The zero-order chi connectivity index (χ0) is 12.1. The first kappa shape index (κ1) is 12.0. The van der Waals surface area contributed by atoms with Crippen LogP contribution in [0.3, 0.4) is 0 Å². The number of rotatable bonds is 3. The highest BCUT2D eigenvalue weighted by atomic mass is 16.6.